The molecule has 2 aliphatic rings. The van der Waals surface area contributed by atoms with Gasteiger partial charge >= 0.3 is 0 Å². The van der Waals surface area contributed by atoms with Crippen molar-refractivity contribution >= 4 is 28.2 Å². The molecule has 0 saturated heterocycles. The summed E-state index contributed by atoms with van der Waals surface area (Å²) < 4.78 is 0. The average molecular weight is 334 g/mol. The Hall–Kier alpha value is -1.36. The molecule has 1 aromatic heterocycles. The number of amides is 2. The molecule has 0 bridgehead atoms. The molecule has 1 aromatic rings. The first kappa shape index (κ1) is 16.5. The Labute approximate surface area is 142 Å². The van der Waals surface area contributed by atoms with Gasteiger partial charge in [0.2, 0.25) is 5.91 Å². The summed E-state index contributed by atoms with van der Waals surface area (Å²) in [6.45, 7) is 1.51. The van der Waals surface area contributed by atoms with Crippen LogP contribution in [0.2, 0.25) is 0 Å². The van der Waals surface area contributed by atoms with Crippen LogP contribution in [0.5, 0.6) is 0 Å². The summed E-state index contributed by atoms with van der Waals surface area (Å²) in [5.74, 6) is -0.0897. The standard InChI is InChI=1S/C18H26N2O2S/c1-12(21)19-18-16(14-10-6-3-7-11-15(14)23-18)17(22)20-13-8-4-2-5-9-13/h13H,2-11H2,1H3,(H,19,21)(H,20,22). The van der Waals surface area contributed by atoms with Crippen molar-refractivity contribution in [2.75, 3.05) is 5.32 Å². The quantitative estimate of drug-likeness (QED) is 0.820. The molecule has 0 atom stereocenters. The van der Waals surface area contributed by atoms with Gasteiger partial charge in [0, 0.05) is 17.8 Å². The predicted molar refractivity (Wildman–Crippen MR) is 94.2 cm³/mol. The molecule has 1 saturated carbocycles. The summed E-state index contributed by atoms with van der Waals surface area (Å²) in [6, 6.07) is 0.294. The number of thiophene rings is 1. The molecule has 0 radical (unpaired) electrons. The van der Waals surface area contributed by atoms with Crippen LogP contribution in [0.1, 0.15) is 79.1 Å². The van der Waals surface area contributed by atoms with E-state index in [2.05, 4.69) is 10.6 Å². The topological polar surface area (TPSA) is 58.2 Å². The fraction of sp³-hybridized carbons (Fsp3) is 0.667. The van der Waals surface area contributed by atoms with Gasteiger partial charge in [-0.2, -0.15) is 0 Å². The van der Waals surface area contributed by atoms with Gasteiger partial charge in [-0.25, -0.2) is 0 Å². The van der Waals surface area contributed by atoms with Crippen LogP contribution < -0.4 is 10.6 Å². The average Bonchev–Trinajstić information content (AvgIpc) is 2.69. The largest absolute Gasteiger partial charge is 0.349 e. The van der Waals surface area contributed by atoms with E-state index in [-0.39, 0.29) is 11.8 Å². The number of carbonyl (C=O) groups excluding carboxylic acids is 2. The summed E-state index contributed by atoms with van der Waals surface area (Å²) in [6.07, 6.45) is 11.3. The third-order valence-electron chi connectivity index (χ3n) is 4.88. The number of rotatable bonds is 3. The molecule has 0 aliphatic heterocycles. The molecule has 1 heterocycles. The highest BCUT2D eigenvalue weighted by Crippen LogP contribution is 2.37. The van der Waals surface area contributed by atoms with E-state index in [1.54, 1.807) is 11.3 Å². The number of fused-ring (bicyclic) bond motifs is 1. The first-order valence-electron chi connectivity index (χ1n) is 8.88. The summed E-state index contributed by atoms with van der Waals surface area (Å²) in [5, 5.41) is 6.86. The fourth-order valence-electron chi connectivity index (χ4n) is 3.74. The minimum Gasteiger partial charge on any atom is -0.349 e. The molecule has 3 rings (SSSR count). The third kappa shape index (κ3) is 3.94. The lowest BCUT2D eigenvalue weighted by Crippen LogP contribution is -2.36. The molecule has 2 aliphatic carbocycles. The van der Waals surface area contributed by atoms with E-state index in [9.17, 15) is 9.59 Å². The second kappa shape index (κ2) is 7.47. The van der Waals surface area contributed by atoms with Crippen LogP contribution in [0.15, 0.2) is 0 Å². The van der Waals surface area contributed by atoms with Crippen LogP contribution >= 0.6 is 11.3 Å². The van der Waals surface area contributed by atoms with Gasteiger partial charge in [-0.3, -0.25) is 9.59 Å². The Morgan fingerprint density at radius 3 is 2.43 bits per heavy atom. The minimum absolute atomic E-state index is 0.0139. The zero-order valence-electron chi connectivity index (χ0n) is 13.9. The van der Waals surface area contributed by atoms with Crippen LogP contribution in [0, 0.1) is 0 Å². The van der Waals surface area contributed by atoms with Crippen LogP contribution in [0.3, 0.4) is 0 Å². The lowest BCUT2D eigenvalue weighted by atomic mass is 9.95. The molecule has 0 aromatic carbocycles. The van der Waals surface area contributed by atoms with E-state index < -0.39 is 0 Å². The summed E-state index contributed by atoms with van der Waals surface area (Å²) in [7, 11) is 0. The zero-order valence-corrected chi connectivity index (χ0v) is 14.7. The van der Waals surface area contributed by atoms with Crippen molar-refractivity contribution in [3.05, 3.63) is 16.0 Å². The van der Waals surface area contributed by atoms with E-state index in [0.29, 0.717) is 6.04 Å². The number of aryl methyl sites for hydroxylation is 1. The van der Waals surface area contributed by atoms with Gasteiger partial charge in [0.25, 0.3) is 5.91 Å². The van der Waals surface area contributed by atoms with E-state index in [4.69, 9.17) is 0 Å². The van der Waals surface area contributed by atoms with Crippen LogP contribution in [-0.2, 0) is 17.6 Å². The fourth-order valence-corrected chi connectivity index (χ4v) is 5.07. The molecule has 5 heteroatoms. The zero-order chi connectivity index (χ0) is 16.2. The lowest BCUT2D eigenvalue weighted by Gasteiger charge is -2.23. The van der Waals surface area contributed by atoms with Gasteiger partial charge in [0.05, 0.1) is 5.56 Å². The molecule has 0 spiro atoms. The van der Waals surface area contributed by atoms with Crippen molar-refractivity contribution in [2.24, 2.45) is 0 Å². The normalized spacial score (nSPS) is 18.8. The highest BCUT2D eigenvalue weighted by atomic mass is 32.1. The number of anilines is 1. The van der Waals surface area contributed by atoms with Crippen molar-refractivity contribution in [3.63, 3.8) is 0 Å². The molecule has 0 unspecified atom stereocenters. The molecule has 1 fully saturated rings. The second-order valence-corrected chi connectivity index (χ2v) is 7.86. The maximum absolute atomic E-state index is 12.9. The predicted octanol–water partition coefficient (Wildman–Crippen LogP) is 4.04. The number of hydrogen-bond acceptors (Lipinski definition) is 3. The summed E-state index contributed by atoms with van der Waals surface area (Å²) in [5.41, 5.74) is 1.93. The molecule has 4 nitrogen and oxygen atoms in total. The molecular formula is C18H26N2O2S. The van der Waals surface area contributed by atoms with Gasteiger partial charge in [0.15, 0.2) is 0 Å². The third-order valence-corrected chi connectivity index (χ3v) is 6.09. The SMILES string of the molecule is CC(=O)Nc1sc2c(c1C(=O)NC1CCCCC1)CCCCC2. The van der Waals surface area contributed by atoms with Gasteiger partial charge in [0.1, 0.15) is 5.00 Å². The Kier molecular flexibility index (Phi) is 5.36. The second-order valence-electron chi connectivity index (χ2n) is 6.76. The highest BCUT2D eigenvalue weighted by molar-refractivity contribution is 7.17. The number of hydrogen-bond donors (Lipinski definition) is 2. The maximum atomic E-state index is 12.9. The molecule has 2 N–H and O–H groups in total. The van der Waals surface area contributed by atoms with Gasteiger partial charge in [-0.15, -0.1) is 11.3 Å². The number of carbonyl (C=O) groups is 2. The highest BCUT2D eigenvalue weighted by Gasteiger charge is 2.27. The smallest absolute Gasteiger partial charge is 0.254 e. The molecular weight excluding hydrogens is 308 g/mol. The Balaban J connectivity index is 1.86. The summed E-state index contributed by atoms with van der Waals surface area (Å²) >= 11 is 1.60. The van der Waals surface area contributed by atoms with Gasteiger partial charge in [-0.05, 0) is 44.1 Å². The first-order chi connectivity index (χ1) is 11.1. The Morgan fingerprint density at radius 2 is 1.70 bits per heavy atom. The lowest BCUT2D eigenvalue weighted by molar-refractivity contribution is -0.114. The molecule has 23 heavy (non-hydrogen) atoms. The molecule has 126 valence electrons. The van der Waals surface area contributed by atoms with E-state index in [0.717, 1.165) is 42.7 Å². The van der Waals surface area contributed by atoms with Crippen LogP contribution in [0.4, 0.5) is 5.00 Å². The number of nitrogens with one attached hydrogen (secondary N) is 2. The van der Waals surface area contributed by atoms with Crippen molar-refractivity contribution in [1.29, 1.82) is 0 Å². The van der Waals surface area contributed by atoms with E-state index in [1.807, 2.05) is 0 Å². The van der Waals surface area contributed by atoms with Crippen LogP contribution in [0.25, 0.3) is 0 Å². The van der Waals surface area contributed by atoms with E-state index in [1.165, 1.54) is 49.5 Å². The Bertz CT molecular complexity index is 588. The van der Waals surface area contributed by atoms with Crippen molar-refractivity contribution in [2.45, 2.75) is 77.2 Å². The minimum atomic E-state index is -0.104. The van der Waals surface area contributed by atoms with E-state index >= 15 is 0 Å². The van der Waals surface area contributed by atoms with Gasteiger partial charge < -0.3 is 10.6 Å². The first-order valence-corrected chi connectivity index (χ1v) is 9.70. The van der Waals surface area contributed by atoms with Crippen molar-refractivity contribution < 1.29 is 9.59 Å². The van der Waals surface area contributed by atoms with Crippen LogP contribution in [-0.4, -0.2) is 17.9 Å². The van der Waals surface area contributed by atoms with Crippen molar-refractivity contribution in [1.82, 2.24) is 5.32 Å². The maximum Gasteiger partial charge on any atom is 0.254 e. The van der Waals surface area contributed by atoms with Crippen molar-refractivity contribution in [3.8, 4) is 0 Å². The Morgan fingerprint density at radius 1 is 1.00 bits per heavy atom. The van der Waals surface area contributed by atoms with Gasteiger partial charge in [-0.1, -0.05) is 25.7 Å². The summed E-state index contributed by atoms with van der Waals surface area (Å²) in [4.78, 5) is 25.7. The monoisotopic (exact) mass is 334 g/mol. The molecule has 2 amide bonds.